The lowest BCUT2D eigenvalue weighted by Crippen LogP contribution is -2.17. The Morgan fingerprint density at radius 1 is 1.27 bits per heavy atom. The van der Waals surface area contributed by atoms with Crippen LogP contribution in [-0.2, 0) is 6.04 Å². The van der Waals surface area contributed by atoms with Crippen LogP contribution in [-0.4, -0.2) is 13.8 Å². The fourth-order valence-corrected chi connectivity index (χ4v) is 2.46. The van der Waals surface area contributed by atoms with Crippen LogP contribution >= 0.6 is 22.2 Å². The molecule has 0 saturated carbocycles. The van der Waals surface area contributed by atoms with Gasteiger partial charge >= 0.3 is 6.36 Å². The van der Waals surface area contributed by atoms with Crippen molar-refractivity contribution in [2.75, 3.05) is 0 Å². The third-order valence-electron chi connectivity index (χ3n) is 1.47. The molecule has 0 aliphatic rings. The fraction of sp³-hybridized carbons (Fsp3) is 0.250. The molecule has 0 unspecified atom stereocenters. The normalized spacial score (nSPS) is 11.9. The predicted molar refractivity (Wildman–Crippen MR) is 54.3 cm³/mol. The molecule has 0 amide bonds. The van der Waals surface area contributed by atoms with Crippen LogP contribution in [0.1, 0.15) is 5.56 Å². The lowest BCUT2D eigenvalue weighted by atomic mass is 10.2. The summed E-state index contributed by atoms with van der Waals surface area (Å²) in [6, 6.07) is 6.01. The van der Waals surface area contributed by atoms with Crippen LogP contribution in [0, 0.1) is 0 Å². The maximum absolute atomic E-state index is 11.9. The van der Waals surface area contributed by atoms with E-state index in [4.69, 9.17) is 22.2 Å². The number of benzene rings is 1. The largest absolute Gasteiger partial charge is 0.573 e. The van der Waals surface area contributed by atoms with E-state index in [2.05, 4.69) is 4.74 Å². The topological polar surface area (TPSA) is 9.23 Å². The van der Waals surface area contributed by atoms with E-state index in [9.17, 15) is 13.2 Å². The van der Waals surface area contributed by atoms with Gasteiger partial charge in [0.1, 0.15) is 5.75 Å². The van der Waals surface area contributed by atoms with E-state index < -0.39 is 13.8 Å². The molecular formula is C8H6Cl2F3OSi. The Morgan fingerprint density at radius 2 is 1.93 bits per heavy atom. The highest BCUT2D eigenvalue weighted by atomic mass is 35.7. The Kier molecular flexibility index (Phi) is 4.30. The number of hydrogen-bond acceptors (Lipinski definition) is 1. The third kappa shape index (κ3) is 5.29. The van der Waals surface area contributed by atoms with Gasteiger partial charge in [-0.15, -0.1) is 35.3 Å². The van der Waals surface area contributed by atoms with Gasteiger partial charge in [0.15, 0.2) is 0 Å². The van der Waals surface area contributed by atoms with Crippen LogP contribution in [0.3, 0.4) is 0 Å². The van der Waals surface area contributed by atoms with Gasteiger partial charge in [-0.3, -0.25) is 0 Å². The van der Waals surface area contributed by atoms with Gasteiger partial charge in [-0.25, -0.2) is 0 Å². The standard InChI is InChI=1S/C8H6Cl2F3OSi/c9-15(10)5-6-2-1-3-7(4-6)14-8(11,12)13/h1-4H,5H2. The minimum atomic E-state index is -4.67. The van der Waals surface area contributed by atoms with Crippen molar-refractivity contribution in [2.45, 2.75) is 12.4 Å². The fourth-order valence-electron chi connectivity index (χ4n) is 1.01. The minimum absolute atomic E-state index is 0.253. The first-order valence-electron chi connectivity index (χ1n) is 3.88. The predicted octanol–water partition coefficient (Wildman–Crippen LogP) is 3.63. The van der Waals surface area contributed by atoms with Crippen molar-refractivity contribution in [3.8, 4) is 5.75 Å². The lowest BCUT2D eigenvalue weighted by molar-refractivity contribution is -0.274. The Labute approximate surface area is 95.8 Å². The smallest absolute Gasteiger partial charge is 0.406 e. The second kappa shape index (κ2) is 5.09. The molecule has 1 aromatic rings. The van der Waals surface area contributed by atoms with Crippen molar-refractivity contribution in [1.82, 2.24) is 0 Å². The molecule has 0 aliphatic carbocycles. The highest BCUT2D eigenvalue weighted by molar-refractivity contribution is 7.33. The van der Waals surface area contributed by atoms with Crippen LogP contribution < -0.4 is 4.74 Å². The van der Waals surface area contributed by atoms with Gasteiger partial charge in [-0.2, -0.15) is 0 Å². The first-order valence-corrected chi connectivity index (χ1v) is 7.61. The summed E-state index contributed by atoms with van der Waals surface area (Å²) in [5.41, 5.74) is 0.635. The summed E-state index contributed by atoms with van der Waals surface area (Å²) in [6.07, 6.45) is -4.67. The number of halogens is 5. The molecule has 1 aromatic carbocycles. The highest BCUT2D eigenvalue weighted by Crippen LogP contribution is 2.23. The average Bonchev–Trinajstić information content (AvgIpc) is 1.99. The van der Waals surface area contributed by atoms with Gasteiger partial charge in [-0.1, -0.05) is 12.1 Å². The van der Waals surface area contributed by atoms with E-state index in [0.29, 0.717) is 11.6 Å². The molecule has 0 heterocycles. The van der Waals surface area contributed by atoms with E-state index in [1.165, 1.54) is 18.2 Å². The van der Waals surface area contributed by atoms with Crippen molar-refractivity contribution in [3.63, 3.8) is 0 Å². The summed E-state index contributed by atoms with van der Waals surface area (Å²) in [6.45, 7) is 0. The van der Waals surface area contributed by atoms with Crippen LogP contribution in [0.25, 0.3) is 0 Å². The maximum atomic E-state index is 11.9. The summed E-state index contributed by atoms with van der Waals surface area (Å²) < 4.78 is 39.4. The molecule has 0 atom stereocenters. The van der Waals surface area contributed by atoms with Crippen LogP contribution in [0.5, 0.6) is 5.75 Å². The summed E-state index contributed by atoms with van der Waals surface area (Å²) in [7, 11) is -1.54. The Morgan fingerprint density at radius 3 is 2.47 bits per heavy atom. The molecule has 1 nitrogen and oxygen atoms in total. The number of hydrogen-bond donors (Lipinski definition) is 0. The zero-order chi connectivity index (χ0) is 11.5. The Bertz CT molecular complexity index is 330. The van der Waals surface area contributed by atoms with Crippen molar-refractivity contribution in [1.29, 1.82) is 0 Å². The molecule has 1 rings (SSSR count). The van der Waals surface area contributed by atoms with Crippen molar-refractivity contribution in [3.05, 3.63) is 29.8 Å². The van der Waals surface area contributed by atoms with E-state index in [1.54, 1.807) is 6.07 Å². The van der Waals surface area contributed by atoms with Gasteiger partial charge in [0, 0.05) is 0 Å². The Hall–Kier alpha value is -0.393. The van der Waals surface area contributed by atoms with E-state index in [1.807, 2.05) is 0 Å². The van der Waals surface area contributed by atoms with Gasteiger partial charge in [0.05, 0.1) is 0 Å². The molecule has 7 heteroatoms. The molecular weight excluding hydrogens is 268 g/mol. The first kappa shape index (κ1) is 12.7. The summed E-state index contributed by atoms with van der Waals surface area (Å²) in [5, 5.41) is 0. The lowest BCUT2D eigenvalue weighted by Gasteiger charge is -2.09. The van der Waals surface area contributed by atoms with Crippen molar-refractivity contribution in [2.24, 2.45) is 0 Å². The van der Waals surface area contributed by atoms with Gasteiger partial charge < -0.3 is 4.74 Å². The number of alkyl halides is 3. The van der Waals surface area contributed by atoms with Crippen molar-refractivity contribution < 1.29 is 17.9 Å². The summed E-state index contributed by atoms with van der Waals surface area (Å²) >= 11 is 11.2. The second-order valence-electron chi connectivity index (χ2n) is 2.71. The van der Waals surface area contributed by atoms with E-state index in [-0.39, 0.29) is 5.75 Å². The van der Waals surface area contributed by atoms with E-state index >= 15 is 0 Å². The zero-order valence-electron chi connectivity index (χ0n) is 7.31. The van der Waals surface area contributed by atoms with Gasteiger partial charge in [-0.05, 0) is 23.7 Å². The molecule has 0 bridgehead atoms. The van der Waals surface area contributed by atoms with Crippen LogP contribution in [0.2, 0.25) is 0 Å². The number of rotatable bonds is 3. The molecule has 0 saturated heterocycles. The zero-order valence-corrected chi connectivity index (χ0v) is 9.83. The van der Waals surface area contributed by atoms with Gasteiger partial charge in [0.2, 0.25) is 0 Å². The molecule has 0 N–H and O–H groups in total. The molecule has 0 spiro atoms. The summed E-state index contributed by atoms with van der Waals surface area (Å²) in [5.74, 6) is -0.253. The first-order chi connectivity index (χ1) is 6.87. The molecule has 15 heavy (non-hydrogen) atoms. The quantitative estimate of drug-likeness (QED) is 0.604. The SMILES string of the molecule is FC(F)(F)Oc1cccc(C[Si](Cl)Cl)c1. The van der Waals surface area contributed by atoms with Crippen LogP contribution in [0.15, 0.2) is 24.3 Å². The minimum Gasteiger partial charge on any atom is -0.406 e. The molecule has 1 radical (unpaired) electrons. The Balaban J connectivity index is 2.74. The third-order valence-corrected chi connectivity index (χ3v) is 2.95. The second-order valence-corrected chi connectivity index (χ2v) is 7.06. The molecule has 83 valence electrons. The van der Waals surface area contributed by atoms with Gasteiger partial charge in [0.25, 0.3) is 7.42 Å². The summed E-state index contributed by atoms with van der Waals surface area (Å²) in [4.78, 5) is 0. The molecule has 0 aliphatic heterocycles. The molecule has 0 fully saturated rings. The highest BCUT2D eigenvalue weighted by Gasteiger charge is 2.31. The molecule has 0 aromatic heterocycles. The maximum Gasteiger partial charge on any atom is 0.573 e. The van der Waals surface area contributed by atoms with E-state index in [0.717, 1.165) is 0 Å². The monoisotopic (exact) mass is 273 g/mol. The van der Waals surface area contributed by atoms with Crippen LogP contribution in [0.4, 0.5) is 13.2 Å². The average molecular weight is 274 g/mol. The number of ether oxygens (including phenoxy) is 1. The van der Waals surface area contributed by atoms with Crippen molar-refractivity contribution >= 4 is 29.6 Å².